The van der Waals surface area contributed by atoms with Gasteiger partial charge in [-0.15, -0.1) is 10.2 Å². The second kappa shape index (κ2) is 4.99. The first-order valence-electron chi connectivity index (χ1n) is 5.72. The quantitative estimate of drug-likeness (QED) is 0.885. The molecule has 1 N–H and O–H groups in total. The van der Waals surface area contributed by atoms with Gasteiger partial charge in [-0.2, -0.15) is 0 Å². The number of nitrogens with one attached hydrogen (secondary N) is 1. The minimum absolute atomic E-state index is 0.0605. The van der Waals surface area contributed by atoms with Crippen molar-refractivity contribution in [1.82, 2.24) is 15.5 Å². The van der Waals surface area contributed by atoms with Gasteiger partial charge in [-0.25, -0.2) is 8.42 Å². The molecule has 1 saturated heterocycles. The molecule has 17 heavy (non-hydrogen) atoms. The Morgan fingerprint density at radius 1 is 1.47 bits per heavy atom. The third-order valence-electron chi connectivity index (χ3n) is 2.73. The fourth-order valence-corrected chi connectivity index (χ4v) is 4.57. The smallest absolute Gasteiger partial charge is 0.151 e. The van der Waals surface area contributed by atoms with Crippen LogP contribution in [0, 0.1) is 0 Å². The second-order valence-corrected chi connectivity index (χ2v) is 7.99. The lowest BCUT2D eigenvalue weighted by Gasteiger charge is -2.04. The Balaban J connectivity index is 1.99. The third-order valence-corrected chi connectivity index (χ3v) is 5.58. The van der Waals surface area contributed by atoms with Crippen molar-refractivity contribution >= 4 is 21.2 Å². The lowest BCUT2D eigenvalue weighted by atomic mass is 10.1. The van der Waals surface area contributed by atoms with Gasteiger partial charge in [0.25, 0.3) is 0 Å². The van der Waals surface area contributed by atoms with E-state index in [1.165, 1.54) is 11.3 Å². The first kappa shape index (κ1) is 12.9. The van der Waals surface area contributed by atoms with Crippen molar-refractivity contribution < 1.29 is 8.42 Å². The van der Waals surface area contributed by atoms with Gasteiger partial charge in [0.2, 0.25) is 0 Å². The molecule has 1 atom stereocenters. The lowest BCUT2D eigenvalue weighted by molar-refractivity contribution is 0.584. The van der Waals surface area contributed by atoms with Crippen LogP contribution in [0.5, 0.6) is 0 Å². The molecule has 2 heterocycles. The van der Waals surface area contributed by atoms with Crippen molar-refractivity contribution in [2.75, 3.05) is 11.5 Å². The molecule has 0 aliphatic carbocycles. The summed E-state index contributed by atoms with van der Waals surface area (Å²) in [6.45, 7) is 4.85. The Labute approximate surface area is 106 Å². The van der Waals surface area contributed by atoms with Gasteiger partial charge in [-0.05, 0) is 6.42 Å². The van der Waals surface area contributed by atoms with Crippen molar-refractivity contribution in [2.45, 2.75) is 38.8 Å². The molecule has 1 aliphatic rings. The Kier molecular flexibility index (Phi) is 3.79. The highest BCUT2D eigenvalue weighted by Gasteiger charge is 2.31. The van der Waals surface area contributed by atoms with E-state index in [1.807, 2.05) is 0 Å². The Bertz CT molecular complexity index is 481. The van der Waals surface area contributed by atoms with Crippen molar-refractivity contribution in [3.63, 3.8) is 0 Å². The maximum absolute atomic E-state index is 11.4. The van der Waals surface area contributed by atoms with Gasteiger partial charge in [0.05, 0.1) is 11.5 Å². The van der Waals surface area contributed by atoms with Crippen LogP contribution in [0.25, 0.3) is 0 Å². The van der Waals surface area contributed by atoms with Gasteiger partial charge in [-0.3, -0.25) is 0 Å². The summed E-state index contributed by atoms with van der Waals surface area (Å²) >= 11 is 1.52. The SMILES string of the molecule is CC(C)NCc1nnc(C2CCS(=O)(=O)C2)s1. The summed E-state index contributed by atoms with van der Waals surface area (Å²) < 4.78 is 22.8. The van der Waals surface area contributed by atoms with E-state index < -0.39 is 9.84 Å². The van der Waals surface area contributed by atoms with Crippen LogP contribution in [0.15, 0.2) is 0 Å². The highest BCUT2D eigenvalue weighted by atomic mass is 32.2. The average Bonchev–Trinajstić information content (AvgIpc) is 2.81. The second-order valence-electron chi connectivity index (χ2n) is 4.67. The molecule has 0 aromatic carbocycles. The van der Waals surface area contributed by atoms with Crippen molar-refractivity contribution in [3.8, 4) is 0 Å². The lowest BCUT2D eigenvalue weighted by Crippen LogP contribution is -2.21. The van der Waals surface area contributed by atoms with E-state index in [2.05, 4.69) is 29.4 Å². The van der Waals surface area contributed by atoms with Crippen molar-refractivity contribution in [2.24, 2.45) is 0 Å². The number of hydrogen-bond acceptors (Lipinski definition) is 6. The van der Waals surface area contributed by atoms with E-state index in [1.54, 1.807) is 0 Å². The average molecular weight is 275 g/mol. The summed E-state index contributed by atoms with van der Waals surface area (Å²) in [6.07, 6.45) is 0.689. The minimum atomic E-state index is -2.84. The molecular weight excluding hydrogens is 258 g/mol. The number of aromatic nitrogens is 2. The van der Waals surface area contributed by atoms with Crippen LogP contribution >= 0.6 is 11.3 Å². The summed E-state index contributed by atoms with van der Waals surface area (Å²) in [7, 11) is -2.84. The number of rotatable bonds is 4. The highest BCUT2D eigenvalue weighted by Crippen LogP contribution is 2.30. The maximum atomic E-state index is 11.4. The highest BCUT2D eigenvalue weighted by molar-refractivity contribution is 7.91. The van der Waals surface area contributed by atoms with Crippen LogP contribution in [-0.4, -0.2) is 36.2 Å². The maximum Gasteiger partial charge on any atom is 0.151 e. The fourth-order valence-electron chi connectivity index (χ4n) is 1.78. The largest absolute Gasteiger partial charge is 0.308 e. The molecule has 96 valence electrons. The van der Waals surface area contributed by atoms with Gasteiger partial charge >= 0.3 is 0 Å². The molecule has 5 nitrogen and oxygen atoms in total. The van der Waals surface area contributed by atoms with E-state index in [9.17, 15) is 8.42 Å². The minimum Gasteiger partial charge on any atom is -0.308 e. The Hall–Kier alpha value is -0.530. The molecule has 2 rings (SSSR count). The van der Waals surface area contributed by atoms with E-state index in [0.717, 1.165) is 10.0 Å². The molecule has 1 aromatic rings. The number of hydrogen-bond donors (Lipinski definition) is 1. The van der Waals surface area contributed by atoms with Crippen LogP contribution in [0.3, 0.4) is 0 Å². The predicted octanol–water partition coefficient (Wildman–Crippen LogP) is 0.938. The topological polar surface area (TPSA) is 72.0 Å². The number of sulfone groups is 1. The zero-order chi connectivity index (χ0) is 12.5. The molecule has 0 spiro atoms. The molecular formula is C10H17N3O2S2. The van der Waals surface area contributed by atoms with Crippen molar-refractivity contribution in [1.29, 1.82) is 0 Å². The molecule has 7 heteroatoms. The Morgan fingerprint density at radius 3 is 2.82 bits per heavy atom. The van der Waals surface area contributed by atoms with Crippen molar-refractivity contribution in [3.05, 3.63) is 10.0 Å². The first-order chi connectivity index (χ1) is 7.96. The molecule has 1 aromatic heterocycles. The van der Waals surface area contributed by atoms with Gasteiger partial charge in [0, 0.05) is 18.5 Å². The molecule has 0 saturated carbocycles. The monoisotopic (exact) mass is 275 g/mol. The molecule has 1 fully saturated rings. The fraction of sp³-hybridized carbons (Fsp3) is 0.800. The first-order valence-corrected chi connectivity index (χ1v) is 8.36. The van der Waals surface area contributed by atoms with Crippen LogP contribution in [-0.2, 0) is 16.4 Å². The van der Waals surface area contributed by atoms with E-state index >= 15 is 0 Å². The summed E-state index contributed by atoms with van der Waals surface area (Å²) in [5, 5.41) is 13.3. The summed E-state index contributed by atoms with van der Waals surface area (Å²) in [5.74, 6) is 0.584. The standard InChI is InChI=1S/C10H17N3O2S2/c1-7(2)11-5-9-12-13-10(16-9)8-3-4-17(14,15)6-8/h7-8,11H,3-6H2,1-2H3. The van der Waals surface area contributed by atoms with Crippen LogP contribution in [0.2, 0.25) is 0 Å². The summed E-state index contributed by atoms with van der Waals surface area (Å²) in [4.78, 5) is 0. The molecule has 0 bridgehead atoms. The van der Waals surface area contributed by atoms with Gasteiger partial charge in [0.1, 0.15) is 10.0 Å². The zero-order valence-corrected chi connectivity index (χ0v) is 11.6. The molecule has 0 radical (unpaired) electrons. The summed E-state index contributed by atoms with van der Waals surface area (Å²) in [5.41, 5.74) is 0. The molecule has 0 amide bonds. The number of nitrogens with zero attached hydrogens (tertiary/aromatic N) is 2. The Morgan fingerprint density at radius 2 is 2.24 bits per heavy atom. The molecule has 1 unspecified atom stereocenters. The van der Waals surface area contributed by atoms with Crippen LogP contribution in [0.1, 0.15) is 36.2 Å². The summed E-state index contributed by atoms with van der Waals surface area (Å²) in [6, 6.07) is 0.411. The normalized spacial score (nSPS) is 23.4. The van der Waals surface area contributed by atoms with Gasteiger partial charge in [-0.1, -0.05) is 25.2 Å². The van der Waals surface area contributed by atoms with E-state index in [-0.39, 0.29) is 17.4 Å². The van der Waals surface area contributed by atoms with E-state index in [4.69, 9.17) is 0 Å². The zero-order valence-electron chi connectivity index (χ0n) is 10.0. The van der Waals surface area contributed by atoms with E-state index in [0.29, 0.717) is 19.0 Å². The van der Waals surface area contributed by atoms with Crippen LogP contribution in [0.4, 0.5) is 0 Å². The van der Waals surface area contributed by atoms with Gasteiger partial charge < -0.3 is 5.32 Å². The molecule has 1 aliphatic heterocycles. The third kappa shape index (κ3) is 3.46. The van der Waals surface area contributed by atoms with Crippen LogP contribution < -0.4 is 5.32 Å². The predicted molar refractivity (Wildman–Crippen MR) is 67.9 cm³/mol. The van der Waals surface area contributed by atoms with Gasteiger partial charge in [0.15, 0.2) is 9.84 Å².